The number of rotatable bonds is 5. The maximum atomic E-state index is 12.2. The third-order valence-corrected chi connectivity index (χ3v) is 4.27. The highest BCUT2D eigenvalue weighted by atomic mass is 32.2. The SMILES string of the molecule is CS(=O)(=O)CCn1ccc(NC(=O)c2cc3ccccc3[nH]2)n1. The van der Waals surface area contributed by atoms with Crippen LogP contribution >= 0.6 is 0 Å². The Labute approximate surface area is 133 Å². The molecule has 0 spiro atoms. The van der Waals surface area contributed by atoms with Gasteiger partial charge in [0.2, 0.25) is 0 Å². The Balaban J connectivity index is 1.69. The molecule has 0 aliphatic rings. The third-order valence-electron chi connectivity index (χ3n) is 3.35. The Bertz CT molecular complexity index is 923. The largest absolute Gasteiger partial charge is 0.351 e. The predicted molar refractivity (Wildman–Crippen MR) is 88.2 cm³/mol. The minimum absolute atomic E-state index is 0.00405. The lowest BCUT2D eigenvalue weighted by atomic mass is 10.2. The van der Waals surface area contributed by atoms with E-state index in [4.69, 9.17) is 0 Å². The summed E-state index contributed by atoms with van der Waals surface area (Å²) in [7, 11) is -3.05. The molecule has 0 radical (unpaired) electrons. The molecule has 0 fully saturated rings. The maximum Gasteiger partial charge on any atom is 0.273 e. The Hall–Kier alpha value is -2.61. The molecule has 0 atom stereocenters. The van der Waals surface area contributed by atoms with Crippen LogP contribution in [0.25, 0.3) is 10.9 Å². The lowest BCUT2D eigenvalue weighted by molar-refractivity contribution is 0.102. The van der Waals surface area contributed by atoms with Gasteiger partial charge in [-0.1, -0.05) is 18.2 Å². The van der Waals surface area contributed by atoms with E-state index in [0.29, 0.717) is 11.5 Å². The molecule has 3 rings (SSSR count). The van der Waals surface area contributed by atoms with Gasteiger partial charge in [-0.3, -0.25) is 9.48 Å². The van der Waals surface area contributed by atoms with Crippen LogP contribution in [-0.4, -0.2) is 41.1 Å². The van der Waals surface area contributed by atoms with Gasteiger partial charge in [0.15, 0.2) is 5.82 Å². The molecule has 2 aromatic heterocycles. The predicted octanol–water partition coefficient (Wildman–Crippen LogP) is 1.66. The number of hydrogen-bond acceptors (Lipinski definition) is 4. The number of aromatic nitrogens is 3. The number of carbonyl (C=O) groups excluding carboxylic acids is 1. The fourth-order valence-electron chi connectivity index (χ4n) is 2.19. The zero-order chi connectivity index (χ0) is 16.4. The lowest BCUT2D eigenvalue weighted by Crippen LogP contribution is -2.14. The number of para-hydroxylation sites is 1. The average Bonchev–Trinajstić information content (AvgIpc) is 3.10. The zero-order valence-electron chi connectivity index (χ0n) is 12.5. The number of nitrogens with zero attached hydrogens (tertiary/aromatic N) is 2. The molecule has 2 N–H and O–H groups in total. The molecule has 0 aliphatic carbocycles. The summed E-state index contributed by atoms with van der Waals surface area (Å²) in [6.45, 7) is 0.251. The van der Waals surface area contributed by atoms with E-state index in [2.05, 4.69) is 15.4 Å². The van der Waals surface area contributed by atoms with Gasteiger partial charge < -0.3 is 10.3 Å². The van der Waals surface area contributed by atoms with Crippen LogP contribution in [0.2, 0.25) is 0 Å². The quantitative estimate of drug-likeness (QED) is 0.742. The van der Waals surface area contributed by atoms with Crippen molar-refractivity contribution in [2.75, 3.05) is 17.3 Å². The second kappa shape index (κ2) is 5.88. The van der Waals surface area contributed by atoms with E-state index >= 15 is 0 Å². The van der Waals surface area contributed by atoms with E-state index in [1.807, 2.05) is 24.3 Å². The summed E-state index contributed by atoms with van der Waals surface area (Å²) in [5, 5.41) is 7.78. The third kappa shape index (κ3) is 3.78. The number of hydrogen-bond donors (Lipinski definition) is 2. The first kappa shape index (κ1) is 15.3. The minimum atomic E-state index is -3.05. The van der Waals surface area contributed by atoms with Crippen molar-refractivity contribution in [2.24, 2.45) is 0 Å². The number of fused-ring (bicyclic) bond motifs is 1. The highest BCUT2D eigenvalue weighted by Crippen LogP contribution is 2.15. The van der Waals surface area contributed by atoms with E-state index in [1.165, 1.54) is 10.9 Å². The number of anilines is 1. The van der Waals surface area contributed by atoms with Crippen molar-refractivity contribution in [3.8, 4) is 0 Å². The number of aryl methyl sites for hydroxylation is 1. The van der Waals surface area contributed by atoms with E-state index in [9.17, 15) is 13.2 Å². The average molecular weight is 332 g/mol. The molecular weight excluding hydrogens is 316 g/mol. The number of benzene rings is 1. The fourth-order valence-corrected chi connectivity index (χ4v) is 2.71. The summed E-state index contributed by atoms with van der Waals surface area (Å²) >= 11 is 0. The molecule has 120 valence electrons. The number of amides is 1. The molecule has 1 aromatic carbocycles. The molecule has 0 bridgehead atoms. The smallest absolute Gasteiger partial charge is 0.273 e. The van der Waals surface area contributed by atoms with Crippen molar-refractivity contribution in [1.29, 1.82) is 0 Å². The summed E-state index contributed by atoms with van der Waals surface area (Å²) in [5.41, 5.74) is 1.33. The standard InChI is InChI=1S/C15H16N4O3S/c1-23(21,22)9-8-19-7-6-14(18-19)17-15(20)13-10-11-4-2-3-5-12(11)16-13/h2-7,10,16H,8-9H2,1H3,(H,17,18,20). The van der Waals surface area contributed by atoms with Gasteiger partial charge in [-0.2, -0.15) is 5.10 Å². The van der Waals surface area contributed by atoms with Crippen molar-refractivity contribution < 1.29 is 13.2 Å². The van der Waals surface area contributed by atoms with Crippen LogP contribution in [0, 0.1) is 0 Å². The molecule has 3 aromatic rings. The normalized spacial score (nSPS) is 11.7. The summed E-state index contributed by atoms with van der Waals surface area (Å²) in [5.74, 6) is 0.0843. The van der Waals surface area contributed by atoms with Gasteiger partial charge >= 0.3 is 0 Å². The molecule has 1 amide bonds. The topological polar surface area (TPSA) is 96.9 Å². The highest BCUT2D eigenvalue weighted by molar-refractivity contribution is 7.90. The molecule has 8 heteroatoms. The summed E-state index contributed by atoms with van der Waals surface area (Å²) < 4.78 is 23.8. The van der Waals surface area contributed by atoms with Crippen LogP contribution in [0.15, 0.2) is 42.6 Å². The number of nitrogens with one attached hydrogen (secondary N) is 2. The summed E-state index contributed by atoms with van der Waals surface area (Å²) in [6.07, 6.45) is 2.81. The monoisotopic (exact) mass is 332 g/mol. The summed E-state index contributed by atoms with van der Waals surface area (Å²) in [4.78, 5) is 15.3. The Morgan fingerprint density at radius 1 is 1.30 bits per heavy atom. The van der Waals surface area contributed by atoms with E-state index in [0.717, 1.165) is 10.9 Å². The Kier molecular flexibility index (Phi) is 3.91. The van der Waals surface area contributed by atoms with Crippen molar-refractivity contribution in [3.63, 3.8) is 0 Å². The lowest BCUT2D eigenvalue weighted by Gasteiger charge is -2.01. The molecule has 7 nitrogen and oxygen atoms in total. The Morgan fingerprint density at radius 2 is 2.09 bits per heavy atom. The molecule has 0 saturated heterocycles. The van der Waals surface area contributed by atoms with Crippen molar-refractivity contribution in [1.82, 2.24) is 14.8 Å². The van der Waals surface area contributed by atoms with Crippen LogP contribution < -0.4 is 5.32 Å². The van der Waals surface area contributed by atoms with Crippen LogP contribution in [0.3, 0.4) is 0 Å². The van der Waals surface area contributed by atoms with Gasteiger partial charge in [-0.15, -0.1) is 0 Å². The van der Waals surface area contributed by atoms with Gasteiger partial charge in [0.05, 0.1) is 12.3 Å². The molecule has 0 aliphatic heterocycles. The number of aromatic amines is 1. The second-order valence-electron chi connectivity index (χ2n) is 5.32. The van der Waals surface area contributed by atoms with Crippen LogP contribution in [0.1, 0.15) is 10.5 Å². The van der Waals surface area contributed by atoms with Crippen LogP contribution in [0.4, 0.5) is 5.82 Å². The van der Waals surface area contributed by atoms with Gasteiger partial charge in [0.25, 0.3) is 5.91 Å². The van der Waals surface area contributed by atoms with Crippen LogP contribution in [0.5, 0.6) is 0 Å². The maximum absolute atomic E-state index is 12.2. The van der Waals surface area contributed by atoms with E-state index in [1.54, 1.807) is 18.3 Å². The molecule has 0 saturated carbocycles. The molecular formula is C15H16N4O3S. The highest BCUT2D eigenvalue weighted by Gasteiger charge is 2.11. The Morgan fingerprint density at radius 3 is 2.83 bits per heavy atom. The number of carbonyl (C=O) groups is 1. The van der Waals surface area contributed by atoms with Gasteiger partial charge in [0.1, 0.15) is 15.5 Å². The number of sulfone groups is 1. The van der Waals surface area contributed by atoms with Crippen molar-refractivity contribution in [3.05, 3.63) is 48.3 Å². The molecule has 0 unspecified atom stereocenters. The molecule has 23 heavy (non-hydrogen) atoms. The fraction of sp³-hybridized carbons (Fsp3) is 0.200. The summed E-state index contributed by atoms with van der Waals surface area (Å²) in [6, 6.07) is 11.0. The van der Waals surface area contributed by atoms with Gasteiger partial charge in [0, 0.05) is 29.4 Å². The van der Waals surface area contributed by atoms with E-state index in [-0.39, 0.29) is 18.2 Å². The van der Waals surface area contributed by atoms with Crippen LogP contribution in [-0.2, 0) is 16.4 Å². The van der Waals surface area contributed by atoms with Gasteiger partial charge in [-0.25, -0.2) is 8.42 Å². The van der Waals surface area contributed by atoms with Gasteiger partial charge in [-0.05, 0) is 12.1 Å². The first-order valence-electron chi connectivity index (χ1n) is 7.01. The van der Waals surface area contributed by atoms with E-state index < -0.39 is 9.84 Å². The first-order chi connectivity index (χ1) is 10.9. The van der Waals surface area contributed by atoms with Crippen molar-refractivity contribution in [2.45, 2.75) is 6.54 Å². The zero-order valence-corrected chi connectivity index (χ0v) is 13.3. The first-order valence-corrected chi connectivity index (χ1v) is 9.07. The molecule has 2 heterocycles. The minimum Gasteiger partial charge on any atom is -0.351 e. The van der Waals surface area contributed by atoms with Crippen molar-refractivity contribution >= 4 is 32.5 Å². The second-order valence-corrected chi connectivity index (χ2v) is 7.58. The number of H-pyrrole nitrogens is 1.